The summed E-state index contributed by atoms with van der Waals surface area (Å²) in [5.74, 6) is -1.21. The van der Waals surface area contributed by atoms with Gasteiger partial charge in [0.25, 0.3) is 0 Å². The number of phenolic OH excluding ortho intramolecular Hbond substituents is 2. The summed E-state index contributed by atoms with van der Waals surface area (Å²) in [7, 11) is -4.57. The molecular weight excluding hydrogens is 1150 g/mol. The number of amides is 2. The molecule has 1 fully saturated rings. The number of carbonyl (C=O) groups is 3. The van der Waals surface area contributed by atoms with Gasteiger partial charge in [-0.15, -0.1) is 5.10 Å². The van der Waals surface area contributed by atoms with E-state index in [-0.39, 0.29) is 55.6 Å². The molecule has 22 heteroatoms. The minimum absolute atomic E-state index is 0.0294. The summed E-state index contributed by atoms with van der Waals surface area (Å²) in [4.78, 5) is 66.6. The van der Waals surface area contributed by atoms with Crippen LogP contribution in [-0.2, 0) is 50.7 Å². The number of thiocarbonyl (C=S) groups is 1. The predicted octanol–water partition coefficient (Wildman–Crippen LogP) is 9.31. The van der Waals surface area contributed by atoms with Crippen molar-refractivity contribution >= 4 is 48.4 Å². The van der Waals surface area contributed by atoms with Crippen molar-refractivity contribution < 1.29 is 53.2 Å². The van der Waals surface area contributed by atoms with Gasteiger partial charge in [0.2, 0.25) is 11.8 Å². The number of likely N-dealkylation sites (tertiary alicyclic amines) is 1. The van der Waals surface area contributed by atoms with Gasteiger partial charge in [0.15, 0.2) is 10.7 Å². The third-order valence-electron chi connectivity index (χ3n) is 15.7. The molecule has 20 nitrogen and oxygen atoms in total. The first-order valence-corrected chi connectivity index (χ1v) is 30.9. The maximum Gasteiger partial charge on any atom is 0.346 e. The van der Waals surface area contributed by atoms with Crippen LogP contribution in [0.15, 0.2) is 176 Å². The van der Waals surface area contributed by atoms with Crippen molar-refractivity contribution in [2.24, 2.45) is 0 Å². The van der Waals surface area contributed by atoms with E-state index in [9.17, 15) is 38.9 Å². The fourth-order valence-corrected chi connectivity index (χ4v) is 12.6. The summed E-state index contributed by atoms with van der Waals surface area (Å²) in [6.07, 6.45) is 5.24. The van der Waals surface area contributed by atoms with Crippen molar-refractivity contribution in [3.63, 3.8) is 0 Å². The number of phenols is 2. The number of nitrogens with one attached hydrogen (secondary N) is 4. The molecule has 7 aromatic carbocycles. The molecule has 0 saturated carbocycles. The van der Waals surface area contributed by atoms with Crippen LogP contribution in [0.1, 0.15) is 98.9 Å². The molecule has 87 heavy (non-hydrogen) atoms. The van der Waals surface area contributed by atoms with Crippen LogP contribution in [0.3, 0.4) is 0 Å². The summed E-state index contributed by atoms with van der Waals surface area (Å²) in [6.45, 7) is 2.65. The average Bonchev–Trinajstić information content (AvgIpc) is 1.70. The smallest absolute Gasteiger partial charge is 0.346 e. The van der Waals surface area contributed by atoms with Crippen LogP contribution in [0, 0.1) is 0 Å². The lowest BCUT2D eigenvalue weighted by atomic mass is 9.77. The number of ether oxygens (including phenoxy) is 3. The van der Waals surface area contributed by atoms with Gasteiger partial charge in [-0.05, 0) is 95.8 Å². The maximum atomic E-state index is 14.6. The van der Waals surface area contributed by atoms with Gasteiger partial charge in [0.1, 0.15) is 52.9 Å². The van der Waals surface area contributed by atoms with Crippen LogP contribution in [0.5, 0.6) is 28.7 Å². The molecule has 1 unspecified atom stereocenters. The number of nitrogens with zero attached hydrogens (tertiary/aromatic N) is 5. The molecule has 1 aromatic heterocycles. The molecule has 8 aromatic rings. The van der Waals surface area contributed by atoms with Crippen LogP contribution < -0.4 is 30.7 Å². The zero-order chi connectivity index (χ0) is 60.5. The number of aromatic nitrogens is 3. The molecule has 1 saturated heterocycles. The van der Waals surface area contributed by atoms with Gasteiger partial charge in [-0.1, -0.05) is 127 Å². The highest BCUT2D eigenvalue weighted by molar-refractivity contribution is 7.80. The molecule has 3 aliphatic rings. The Balaban J connectivity index is 0.680. The molecule has 0 bridgehead atoms. The lowest BCUT2D eigenvalue weighted by Crippen LogP contribution is -2.49. The maximum absolute atomic E-state index is 14.6. The lowest BCUT2D eigenvalue weighted by Gasteiger charge is -2.36. The predicted molar refractivity (Wildman–Crippen MR) is 329 cm³/mol. The monoisotopic (exact) mass is 1210 g/mol. The molecule has 0 radical (unpaired) electrons. The van der Waals surface area contributed by atoms with Gasteiger partial charge in [0, 0.05) is 80.2 Å². The first-order chi connectivity index (χ1) is 42.2. The average molecular weight is 1210 g/mol. The molecule has 4 heterocycles. The van der Waals surface area contributed by atoms with Gasteiger partial charge < -0.3 is 55.1 Å². The fourth-order valence-electron chi connectivity index (χ4n) is 11.5. The number of aromatic hydroxyl groups is 2. The van der Waals surface area contributed by atoms with E-state index in [1.807, 2.05) is 97.1 Å². The quantitative estimate of drug-likeness (QED) is 0.0121. The summed E-state index contributed by atoms with van der Waals surface area (Å²) in [6, 6.07) is 49.2. The van der Waals surface area contributed by atoms with Gasteiger partial charge in [-0.2, -0.15) is 0 Å². The number of carbonyl (C=O) groups excluding carboxylic acids is 3. The number of fused-ring (bicyclic) bond motifs is 6. The Morgan fingerprint density at radius 1 is 0.747 bits per heavy atom. The standard InChI is InChI=1S/C65H66N9O11PS/c75-50-23-28-55-58(34-50)84-59-35-51(76)24-29-56(59)65(55)54-27-22-47(32-53(54)63(79)85-65)69-64(87)67-31-13-2-1-12-30-66-61(78)57-33-49(40-73(57)60(77)41-72(37-44-16-8-4-9-17-44)38-45-18-10-5-11-19-45)74-39-48(70-71-74)42-83-52-25-20-46(21-26-52)62(86(80,81)82)68-36-43-14-6-3-7-15-43/h3-11,14-29,32,34-35,39,49,57,62,68,75-76H,1-2,12-13,30-31,33,36-38,40-42H2,(H,66,78)(H2,67,69,87)(H2,80,81,82)/t49-,57-,62?/m0/s1. The van der Waals surface area contributed by atoms with Crippen LogP contribution in [0.2, 0.25) is 0 Å². The third kappa shape index (κ3) is 14.2. The highest BCUT2D eigenvalue weighted by Gasteiger charge is 2.54. The number of esters is 1. The van der Waals surface area contributed by atoms with Gasteiger partial charge in [-0.25, -0.2) is 9.48 Å². The molecule has 448 valence electrons. The van der Waals surface area contributed by atoms with Crippen LogP contribution in [0.25, 0.3) is 0 Å². The first kappa shape index (κ1) is 59.8. The normalized spacial score (nSPS) is 15.9. The lowest BCUT2D eigenvalue weighted by molar-refractivity contribution is -0.139. The van der Waals surface area contributed by atoms with Crippen LogP contribution >= 0.6 is 19.8 Å². The van der Waals surface area contributed by atoms with E-state index in [0.717, 1.165) is 36.0 Å². The Hall–Kier alpha value is -8.95. The van der Waals surface area contributed by atoms with Crippen molar-refractivity contribution in [3.05, 3.63) is 226 Å². The van der Waals surface area contributed by atoms with E-state index in [4.69, 9.17) is 26.4 Å². The second-order valence-corrected chi connectivity index (χ2v) is 24.0. The second-order valence-electron chi connectivity index (χ2n) is 21.9. The molecule has 11 rings (SSSR count). The van der Waals surface area contributed by atoms with Crippen molar-refractivity contribution in [2.75, 3.05) is 31.5 Å². The Morgan fingerprint density at radius 2 is 1.34 bits per heavy atom. The number of unbranched alkanes of at least 4 members (excludes halogenated alkanes) is 3. The van der Waals surface area contributed by atoms with E-state index < -0.39 is 31.0 Å². The van der Waals surface area contributed by atoms with Crippen molar-refractivity contribution in [3.8, 4) is 28.7 Å². The second kappa shape index (κ2) is 26.8. The molecule has 8 N–H and O–H groups in total. The number of benzene rings is 7. The van der Waals surface area contributed by atoms with Crippen molar-refractivity contribution in [2.45, 2.75) is 81.8 Å². The summed E-state index contributed by atoms with van der Waals surface area (Å²) < 4.78 is 32.5. The number of anilines is 1. The number of rotatable bonds is 24. The summed E-state index contributed by atoms with van der Waals surface area (Å²) in [5, 5.41) is 42.2. The van der Waals surface area contributed by atoms with Gasteiger partial charge in [0.05, 0.1) is 24.3 Å². The highest BCUT2D eigenvalue weighted by Crippen LogP contribution is 2.57. The van der Waals surface area contributed by atoms with E-state index in [1.54, 1.807) is 64.3 Å². The first-order valence-electron chi connectivity index (χ1n) is 28.8. The topological polar surface area (TPSA) is 262 Å². The zero-order valence-electron chi connectivity index (χ0n) is 47.4. The van der Waals surface area contributed by atoms with Crippen molar-refractivity contribution in [1.82, 2.24) is 40.7 Å². The Morgan fingerprint density at radius 3 is 1.97 bits per heavy atom. The van der Waals surface area contributed by atoms with E-state index in [1.165, 1.54) is 24.3 Å². The van der Waals surface area contributed by atoms with Gasteiger partial charge >= 0.3 is 13.6 Å². The largest absolute Gasteiger partial charge is 0.508 e. The van der Waals surface area contributed by atoms with E-state index in [0.29, 0.717) is 101 Å². The van der Waals surface area contributed by atoms with E-state index >= 15 is 0 Å². The zero-order valence-corrected chi connectivity index (χ0v) is 49.1. The molecule has 2 amide bonds. The van der Waals surface area contributed by atoms with Crippen molar-refractivity contribution in [1.29, 1.82) is 0 Å². The molecule has 3 aliphatic heterocycles. The van der Waals surface area contributed by atoms with Crippen LogP contribution in [0.4, 0.5) is 5.69 Å². The Kier molecular flexibility index (Phi) is 18.4. The fraction of sp³-hybridized carbons (Fsp3) is 0.262. The molecule has 1 spiro atoms. The number of hydrogen-bond acceptors (Lipinski definition) is 14. The van der Waals surface area contributed by atoms with Gasteiger partial charge in [-0.3, -0.25) is 24.4 Å². The number of hydrogen-bond donors (Lipinski definition) is 8. The minimum atomic E-state index is -4.57. The molecule has 0 aliphatic carbocycles. The van der Waals surface area contributed by atoms with E-state index in [2.05, 4.69) is 36.5 Å². The van der Waals surface area contributed by atoms with Crippen LogP contribution in [-0.4, -0.2) is 99.9 Å². The molecular formula is C65H66N9O11PS. The SMILES string of the molecule is O=C1OC2(c3ccc(O)cc3Oc3cc(O)ccc32)c2ccc(NC(=S)NCCCCCCNC(=O)[C@@H]3C[C@H](n4cc(COc5ccc(C(NCc6ccccc6)P(=O)(O)O)cc5)nn4)CN3C(=O)CN(Cc3ccccc3)Cc3ccccc3)cc21. The minimum Gasteiger partial charge on any atom is -0.508 e. The third-order valence-corrected chi connectivity index (χ3v) is 17.1. The Bertz CT molecular complexity index is 3710. The highest BCUT2D eigenvalue weighted by atomic mass is 32.1. The molecule has 3 atom stereocenters. The Labute approximate surface area is 508 Å². The summed E-state index contributed by atoms with van der Waals surface area (Å²) in [5.41, 5.74) is 5.09. The summed E-state index contributed by atoms with van der Waals surface area (Å²) >= 11 is 5.64.